The highest BCUT2D eigenvalue weighted by molar-refractivity contribution is 5.83. The maximum absolute atomic E-state index is 12.9. The van der Waals surface area contributed by atoms with Gasteiger partial charge in [-0.25, -0.2) is 0 Å². The highest BCUT2D eigenvalue weighted by atomic mass is 16.2. The quantitative estimate of drug-likeness (QED) is 0.658. The number of hydrogen-bond donors (Lipinski definition) is 0. The number of nitrogens with zero attached hydrogens (tertiary/aromatic N) is 1. The molecule has 0 radical (unpaired) electrons. The van der Waals surface area contributed by atoms with Gasteiger partial charge in [0.2, 0.25) is 5.91 Å². The van der Waals surface area contributed by atoms with Crippen LogP contribution in [-0.4, -0.2) is 23.9 Å². The van der Waals surface area contributed by atoms with Crippen molar-refractivity contribution in [1.82, 2.24) is 4.90 Å². The molecule has 0 fully saturated rings. The van der Waals surface area contributed by atoms with Crippen LogP contribution >= 0.6 is 0 Å². The first-order valence-electron chi connectivity index (χ1n) is 9.42. The molecule has 2 aromatic rings. The minimum atomic E-state index is -0.0937. The number of carbonyl (C=O) groups excluding carboxylic acids is 1. The molecule has 2 heteroatoms. The zero-order valence-electron chi connectivity index (χ0n) is 16.0. The predicted octanol–water partition coefficient (Wildman–Crippen LogP) is 5.08. The van der Waals surface area contributed by atoms with E-state index in [1.165, 1.54) is 11.1 Å². The smallest absolute Gasteiger partial charge is 0.229 e. The Morgan fingerprint density at radius 3 is 2.12 bits per heavy atom. The largest absolute Gasteiger partial charge is 0.342 e. The number of likely N-dealkylation sites (N-methyl/N-ethyl adjacent to an activating group) is 1. The van der Waals surface area contributed by atoms with Crippen LogP contribution < -0.4 is 0 Å². The number of hydrogen-bond acceptors (Lipinski definition) is 1. The zero-order valence-corrected chi connectivity index (χ0v) is 16.0. The predicted molar refractivity (Wildman–Crippen MR) is 106 cm³/mol. The van der Waals surface area contributed by atoms with Gasteiger partial charge in [-0.15, -0.1) is 0 Å². The molecule has 1 atom stereocenters. The molecular weight excluding hydrogens is 306 g/mol. The van der Waals surface area contributed by atoms with Gasteiger partial charge in [0.1, 0.15) is 0 Å². The third kappa shape index (κ3) is 5.74. The second-order valence-corrected chi connectivity index (χ2v) is 7.21. The van der Waals surface area contributed by atoms with Crippen molar-refractivity contribution in [1.29, 1.82) is 0 Å². The Hall–Kier alpha value is -2.09. The van der Waals surface area contributed by atoms with E-state index in [1.54, 1.807) is 0 Å². The molecule has 0 bridgehead atoms. The Labute approximate surface area is 152 Å². The van der Waals surface area contributed by atoms with Gasteiger partial charge in [-0.3, -0.25) is 4.79 Å². The van der Waals surface area contributed by atoms with E-state index in [2.05, 4.69) is 69.3 Å². The lowest BCUT2D eigenvalue weighted by Crippen LogP contribution is -2.35. The van der Waals surface area contributed by atoms with Crippen LogP contribution in [0.4, 0.5) is 0 Å². The summed E-state index contributed by atoms with van der Waals surface area (Å²) in [5.41, 5.74) is 3.73. The first-order chi connectivity index (χ1) is 12.0. The third-order valence-electron chi connectivity index (χ3n) is 4.70. The molecule has 0 spiro atoms. The number of benzene rings is 2. The van der Waals surface area contributed by atoms with Crippen molar-refractivity contribution in [3.8, 4) is 0 Å². The summed E-state index contributed by atoms with van der Waals surface area (Å²) in [6, 6.07) is 18.9. The molecule has 0 aliphatic heterocycles. The minimum Gasteiger partial charge on any atom is -0.342 e. The second-order valence-electron chi connectivity index (χ2n) is 7.21. The fraction of sp³-hybridized carbons (Fsp3) is 0.435. The highest BCUT2D eigenvalue weighted by Crippen LogP contribution is 2.20. The van der Waals surface area contributed by atoms with Gasteiger partial charge in [0, 0.05) is 13.1 Å². The van der Waals surface area contributed by atoms with Crippen molar-refractivity contribution < 1.29 is 4.79 Å². The molecule has 0 saturated carbocycles. The van der Waals surface area contributed by atoms with E-state index in [0.717, 1.165) is 31.5 Å². The summed E-state index contributed by atoms with van der Waals surface area (Å²) in [5, 5.41) is 0. The van der Waals surface area contributed by atoms with E-state index in [1.807, 2.05) is 17.9 Å². The molecule has 0 aromatic heterocycles. The molecule has 0 saturated heterocycles. The minimum absolute atomic E-state index is 0.0937. The molecule has 0 aliphatic carbocycles. The van der Waals surface area contributed by atoms with E-state index in [4.69, 9.17) is 0 Å². The molecule has 1 unspecified atom stereocenters. The summed E-state index contributed by atoms with van der Waals surface area (Å²) in [5.74, 6) is 0.775. The van der Waals surface area contributed by atoms with Crippen molar-refractivity contribution in [3.05, 3.63) is 71.3 Å². The third-order valence-corrected chi connectivity index (χ3v) is 4.70. The lowest BCUT2D eigenvalue weighted by molar-refractivity contribution is -0.132. The maximum Gasteiger partial charge on any atom is 0.229 e. The van der Waals surface area contributed by atoms with E-state index in [0.29, 0.717) is 5.92 Å². The molecule has 2 aromatic carbocycles. The Morgan fingerprint density at radius 2 is 1.56 bits per heavy atom. The van der Waals surface area contributed by atoms with Crippen LogP contribution in [0.5, 0.6) is 0 Å². The zero-order chi connectivity index (χ0) is 18.2. The lowest BCUT2D eigenvalue weighted by Gasteiger charge is -2.25. The first kappa shape index (κ1) is 19.2. The molecule has 0 heterocycles. The van der Waals surface area contributed by atoms with Gasteiger partial charge in [0.15, 0.2) is 0 Å². The summed E-state index contributed by atoms with van der Waals surface area (Å²) in [6.07, 6.45) is 1.99. The van der Waals surface area contributed by atoms with Crippen LogP contribution in [0.3, 0.4) is 0 Å². The van der Waals surface area contributed by atoms with Crippen molar-refractivity contribution in [3.63, 3.8) is 0 Å². The van der Waals surface area contributed by atoms with E-state index >= 15 is 0 Å². The number of carbonyl (C=O) groups is 1. The Morgan fingerprint density at radius 1 is 0.920 bits per heavy atom. The highest BCUT2D eigenvalue weighted by Gasteiger charge is 2.20. The molecule has 1 amide bonds. The SMILES string of the molecule is CCN(CCc1ccccc1)C(=O)C(C)c1ccc(CC(C)C)cc1. The van der Waals surface area contributed by atoms with Crippen LogP contribution in [0.25, 0.3) is 0 Å². The summed E-state index contributed by atoms with van der Waals surface area (Å²) < 4.78 is 0. The standard InChI is InChI=1S/C23H31NO/c1-5-24(16-15-20-9-7-6-8-10-20)23(25)19(4)22-13-11-21(12-14-22)17-18(2)3/h6-14,18-19H,5,15-17H2,1-4H3. The monoisotopic (exact) mass is 337 g/mol. The number of rotatable bonds is 8. The van der Waals surface area contributed by atoms with E-state index in [9.17, 15) is 4.79 Å². The molecule has 134 valence electrons. The lowest BCUT2D eigenvalue weighted by atomic mass is 9.95. The van der Waals surface area contributed by atoms with Crippen molar-refractivity contribution in [2.45, 2.75) is 46.5 Å². The topological polar surface area (TPSA) is 20.3 Å². The first-order valence-corrected chi connectivity index (χ1v) is 9.42. The van der Waals surface area contributed by atoms with Crippen LogP contribution in [-0.2, 0) is 17.6 Å². The van der Waals surface area contributed by atoms with Crippen LogP contribution in [0.1, 0.15) is 50.3 Å². The van der Waals surface area contributed by atoms with Gasteiger partial charge in [-0.05, 0) is 49.3 Å². The second kappa shape index (κ2) is 9.41. The summed E-state index contributed by atoms with van der Waals surface area (Å²) in [7, 11) is 0. The van der Waals surface area contributed by atoms with Crippen molar-refractivity contribution in [2.24, 2.45) is 5.92 Å². The van der Waals surface area contributed by atoms with Crippen molar-refractivity contribution >= 4 is 5.91 Å². The van der Waals surface area contributed by atoms with E-state index < -0.39 is 0 Å². The van der Waals surface area contributed by atoms with Gasteiger partial charge in [-0.2, -0.15) is 0 Å². The Bertz CT molecular complexity index is 646. The molecule has 25 heavy (non-hydrogen) atoms. The van der Waals surface area contributed by atoms with Crippen LogP contribution in [0.2, 0.25) is 0 Å². The van der Waals surface area contributed by atoms with Crippen LogP contribution in [0, 0.1) is 5.92 Å². The normalized spacial score (nSPS) is 12.2. The van der Waals surface area contributed by atoms with Gasteiger partial charge >= 0.3 is 0 Å². The Kier molecular flexibility index (Phi) is 7.24. The van der Waals surface area contributed by atoms with Gasteiger partial charge in [0.25, 0.3) is 0 Å². The van der Waals surface area contributed by atoms with Gasteiger partial charge in [0.05, 0.1) is 5.92 Å². The van der Waals surface area contributed by atoms with E-state index in [-0.39, 0.29) is 11.8 Å². The van der Waals surface area contributed by atoms with Crippen LogP contribution in [0.15, 0.2) is 54.6 Å². The summed E-state index contributed by atoms with van der Waals surface area (Å²) in [4.78, 5) is 14.9. The fourth-order valence-electron chi connectivity index (χ4n) is 3.16. The maximum atomic E-state index is 12.9. The van der Waals surface area contributed by atoms with Crippen molar-refractivity contribution in [2.75, 3.05) is 13.1 Å². The summed E-state index contributed by atoms with van der Waals surface area (Å²) >= 11 is 0. The molecule has 2 rings (SSSR count). The molecule has 2 nitrogen and oxygen atoms in total. The summed E-state index contributed by atoms with van der Waals surface area (Å²) in [6.45, 7) is 10.1. The fourth-order valence-corrected chi connectivity index (χ4v) is 3.16. The average Bonchev–Trinajstić information content (AvgIpc) is 2.62. The average molecular weight is 338 g/mol. The van der Waals surface area contributed by atoms with Gasteiger partial charge < -0.3 is 4.90 Å². The molecular formula is C23H31NO. The Balaban J connectivity index is 1.98. The molecule has 0 aliphatic rings. The number of amides is 1. The molecule has 0 N–H and O–H groups in total. The van der Waals surface area contributed by atoms with Gasteiger partial charge in [-0.1, -0.05) is 68.4 Å².